The average Bonchev–Trinajstić information content (AvgIpc) is 3.17. The van der Waals surface area contributed by atoms with Crippen molar-refractivity contribution in [1.82, 2.24) is 4.90 Å². The Bertz CT molecular complexity index is 1490. The second kappa shape index (κ2) is 11.9. The highest BCUT2D eigenvalue weighted by Crippen LogP contribution is 2.38. The number of amides is 3. The van der Waals surface area contributed by atoms with Crippen molar-refractivity contribution < 1.29 is 28.2 Å². The molecule has 1 saturated heterocycles. The Hall–Kier alpha value is -4.14. The van der Waals surface area contributed by atoms with Crippen molar-refractivity contribution in [3.8, 4) is 17.6 Å². The second-order valence-corrected chi connectivity index (χ2v) is 9.75. The molecule has 11 heteroatoms. The molecule has 3 aromatic rings. The third kappa shape index (κ3) is 6.22. The zero-order valence-corrected chi connectivity index (χ0v) is 22.3. The molecule has 1 fully saturated rings. The lowest BCUT2D eigenvalue weighted by molar-refractivity contribution is -0.123. The number of hydrogen-bond donors (Lipinski definition) is 1. The SMILES string of the molecule is COc1cc(/C=C2/SC(=O)N(Cc3ccccc3C#N)C2=O)c(Br)cc1OCC(=O)Nc1ccc(F)cc1. The summed E-state index contributed by atoms with van der Waals surface area (Å²) in [5.41, 5.74) is 1.94. The summed E-state index contributed by atoms with van der Waals surface area (Å²) in [6.45, 7) is -0.342. The fraction of sp³-hybridized carbons (Fsp3) is 0.111. The van der Waals surface area contributed by atoms with Crippen LogP contribution in [0.25, 0.3) is 6.08 Å². The van der Waals surface area contributed by atoms with E-state index in [1.54, 1.807) is 42.5 Å². The lowest BCUT2D eigenvalue weighted by Gasteiger charge is -2.14. The molecule has 192 valence electrons. The molecule has 1 aliphatic heterocycles. The first-order valence-electron chi connectivity index (χ1n) is 11.1. The number of nitriles is 1. The highest BCUT2D eigenvalue weighted by atomic mass is 79.9. The molecule has 4 rings (SSSR count). The highest BCUT2D eigenvalue weighted by molar-refractivity contribution is 9.10. The van der Waals surface area contributed by atoms with Crippen LogP contribution < -0.4 is 14.8 Å². The van der Waals surface area contributed by atoms with Crippen LogP contribution in [0.4, 0.5) is 14.9 Å². The number of ether oxygens (including phenoxy) is 2. The number of nitrogens with zero attached hydrogens (tertiary/aromatic N) is 2. The molecule has 0 aliphatic carbocycles. The summed E-state index contributed by atoms with van der Waals surface area (Å²) in [7, 11) is 1.43. The molecule has 0 radical (unpaired) electrons. The van der Waals surface area contributed by atoms with Gasteiger partial charge < -0.3 is 14.8 Å². The molecule has 0 aromatic heterocycles. The Morgan fingerprint density at radius 2 is 1.89 bits per heavy atom. The fourth-order valence-corrected chi connectivity index (χ4v) is 4.79. The van der Waals surface area contributed by atoms with Gasteiger partial charge in [-0.1, -0.05) is 34.1 Å². The number of carbonyl (C=O) groups excluding carboxylic acids is 3. The molecule has 3 amide bonds. The van der Waals surface area contributed by atoms with Crippen molar-refractivity contribution in [3.05, 3.63) is 92.5 Å². The number of hydrogen-bond acceptors (Lipinski definition) is 7. The standard InChI is InChI=1S/C27H19BrFN3O5S/c1-36-22-10-18(21(28)12-23(22)37-15-25(33)31-20-8-6-19(29)7-9-20)11-24-26(34)32(27(35)38-24)14-17-5-3-2-4-16(17)13-30/h2-12H,14-15H2,1H3,(H,31,33)/b24-11+. The van der Waals surface area contributed by atoms with Gasteiger partial charge in [-0.15, -0.1) is 0 Å². The number of benzene rings is 3. The van der Waals surface area contributed by atoms with Crippen LogP contribution in [-0.2, 0) is 16.1 Å². The summed E-state index contributed by atoms with van der Waals surface area (Å²) in [6, 6.07) is 17.4. The fourth-order valence-electron chi connectivity index (χ4n) is 3.52. The predicted octanol–water partition coefficient (Wildman–Crippen LogP) is 5.72. The van der Waals surface area contributed by atoms with Gasteiger partial charge >= 0.3 is 0 Å². The smallest absolute Gasteiger partial charge is 0.293 e. The monoisotopic (exact) mass is 595 g/mol. The second-order valence-electron chi connectivity index (χ2n) is 7.91. The van der Waals surface area contributed by atoms with E-state index < -0.39 is 22.9 Å². The summed E-state index contributed by atoms with van der Waals surface area (Å²) in [6.07, 6.45) is 1.55. The van der Waals surface area contributed by atoms with Gasteiger partial charge in [0.15, 0.2) is 18.1 Å². The molecule has 1 aliphatic rings. The quantitative estimate of drug-likeness (QED) is 0.331. The summed E-state index contributed by atoms with van der Waals surface area (Å²) in [4.78, 5) is 39.1. The maximum Gasteiger partial charge on any atom is 0.293 e. The topological polar surface area (TPSA) is 109 Å². The van der Waals surface area contributed by atoms with E-state index in [0.717, 1.165) is 16.7 Å². The van der Waals surface area contributed by atoms with E-state index in [0.29, 0.717) is 32.6 Å². The first kappa shape index (κ1) is 26.9. The van der Waals surface area contributed by atoms with Crippen LogP contribution in [0.2, 0.25) is 0 Å². The Kier molecular flexibility index (Phi) is 8.45. The van der Waals surface area contributed by atoms with E-state index in [1.165, 1.54) is 31.4 Å². The van der Waals surface area contributed by atoms with E-state index in [-0.39, 0.29) is 23.8 Å². The zero-order valence-electron chi connectivity index (χ0n) is 19.9. The Labute approximate surface area is 230 Å². The number of carbonyl (C=O) groups is 3. The number of rotatable bonds is 8. The van der Waals surface area contributed by atoms with Crippen molar-refractivity contribution in [2.24, 2.45) is 0 Å². The third-order valence-corrected chi connectivity index (χ3v) is 6.99. The Balaban J connectivity index is 1.48. The minimum atomic E-state index is -0.476. The average molecular weight is 596 g/mol. The minimum absolute atomic E-state index is 0.0109. The zero-order chi connectivity index (χ0) is 27.2. The summed E-state index contributed by atoms with van der Waals surface area (Å²) >= 11 is 4.23. The maximum absolute atomic E-state index is 13.0. The molecule has 8 nitrogen and oxygen atoms in total. The summed E-state index contributed by atoms with van der Waals surface area (Å²) < 4.78 is 24.6. The molecule has 0 saturated carbocycles. The number of halogens is 2. The van der Waals surface area contributed by atoms with Crippen LogP contribution >= 0.6 is 27.7 Å². The van der Waals surface area contributed by atoms with Gasteiger partial charge in [0.05, 0.1) is 30.2 Å². The van der Waals surface area contributed by atoms with Crippen LogP contribution in [-0.4, -0.2) is 35.7 Å². The minimum Gasteiger partial charge on any atom is -0.493 e. The van der Waals surface area contributed by atoms with Crippen LogP contribution in [0, 0.1) is 17.1 Å². The summed E-state index contributed by atoms with van der Waals surface area (Å²) in [5, 5.41) is 11.5. The molecule has 1 N–H and O–H groups in total. The van der Waals surface area contributed by atoms with E-state index in [2.05, 4.69) is 27.3 Å². The van der Waals surface area contributed by atoms with Gasteiger partial charge in [-0.05, 0) is 71.4 Å². The molecule has 0 spiro atoms. The first-order chi connectivity index (χ1) is 18.3. The van der Waals surface area contributed by atoms with Crippen molar-refractivity contribution >= 4 is 56.5 Å². The first-order valence-corrected chi connectivity index (χ1v) is 12.7. The highest BCUT2D eigenvalue weighted by Gasteiger charge is 2.35. The largest absolute Gasteiger partial charge is 0.493 e. The van der Waals surface area contributed by atoms with E-state index in [4.69, 9.17) is 9.47 Å². The number of nitrogens with one attached hydrogen (secondary N) is 1. The molecule has 38 heavy (non-hydrogen) atoms. The number of imide groups is 1. The van der Waals surface area contributed by atoms with Gasteiger partial charge in [0.1, 0.15) is 5.82 Å². The van der Waals surface area contributed by atoms with E-state index in [9.17, 15) is 24.0 Å². The van der Waals surface area contributed by atoms with Gasteiger partial charge in [0, 0.05) is 10.2 Å². The van der Waals surface area contributed by atoms with Crippen molar-refractivity contribution in [1.29, 1.82) is 5.26 Å². The van der Waals surface area contributed by atoms with Gasteiger partial charge in [0.2, 0.25) is 0 Å². The van der Waals surface area contributed by atoms with Crippen LogP contribution in [0.15, 0.2) is 70.0 Å². The van der Waals surface area contributed by atoms with Gasteiger partial charge in [-0.2, -0.15) is 5.26 Å². The molecule has 0 atom stereocenters. The predicted molar refractivity (Wildman–Crippen MR) is 144 cm³/mol. The third-order valence-electron chi connectivity index (χ3n) is 5.40. The normalized spacial score (nSPS) is 13.9. The lowest BCUT2D eigenvalue weighted by atomic mass is 10.1. The number of anilines is 1. The summed E-state index contributed by atoms with van der Waals surface area (Å²) in [5.74, 6) is -0.770. The van der Waals surface area contributed by atoms with Crippen LogP contribution in [0.3, 0.4) is 0 Å². The number of thioether (sulfide) groups is 1. The van der Waals surface area contributed by atoms with E-state index >= 15 is 0 Å². The van der Waals surface area contributed by atoms with Gasteiger partial charge in [-0.3, -0.25) is 19.3 Å². The maximum atomic E-state index is 13.0. The van der Waals surface area contributed by atoms with Gasteiger partial charge in [0.25, 0.3) is 17.1 Å². The molecule has 0 unspecified atom stereocenters. The van der Waals surface area contributed by atoms with Crippen molar-refractivity contribution in [2.45, 2.75) is 6.54 Å². The Morgan fingerprint density at radius 1 is 1.16 bits per heavy atom. The molecular weight excluding hydrogens is 577 g/mol. The molecule has 3 aromatic carbocycles. The van der Waals surface area contributed by atoms with E-state index in [1.807, 2.05) is 0 Å². The Morgan fingerprint density at radius 3 is 2.61 bits per heavy atom. The molecular formula is C27H19BrFN3O5S. The van der Waals surface area contributed by atoms with Crippen LogP contribution in [0.5, 0.6) is 11.5 Å². The van der Waals surface area contributed by atoms with Crippen LogP contribution in [0.1, 0.15) is 16.7 Å². The van der Waals surface area contributed by atoms with Crippen molar-refractivity contribution in [2.75, 3.05) is 19.0 Å². The van der Waals surface area contributed by atoms with Gasteiger partial charge in [-0.25, -0.2) is 4.39 Å². The lowest BCUT2D eigenvalue weighted by Crippen LogP contribution is -2.27. The van der Waals surface area contributed by atoms with Crippen molar-refractivity contribution in [3.63, 3.8) is 0 Å². The number of methoxy groups -OCH3 is 1. The molecule has 0 bridgehead atoms. The molecule has 1 heterocycles.